The summed E-state index contributed by atoms with van der Waals surface area (Å²) in [7, 11) is -2.77. The Hall–Kier alpha value is -2.79. The number of halogens is 3. The summed E-state index contributed by atoms with van der Waals surface area (Å²) >= 11 is 16.2. The van der Waals surface area contributed by atoms with Gasteiger partial charge in [-0.1, -0.05) is 53.9 Å². The van der Waals surface area contributed by atoms with E-state index in [1.165, 1.54) is 30.2 Å². The molecule has 12 heteroatoms. The van der Waals surface area contributed by atoms with Gasteiger partial charge in [-0.25, -0.2) is 8.42 Å². The predicted octanol–water partition coefficient (Wildman–Crippen LogP) is 6.21. The van der Waals surface area contributed by atoms with Gasteiger partial charge in [-0.2, -0.15) is 0 Å². The maximum absolute atomic E-state index is 14.1. The molecule has 0 aliphatic heterocycles. The number of sulfonamides is 1. The van der Waals surface area contributed by atoms with E-state index in [0.717, 1.165) is 9.87 Å². The van der Waals surface area contributed by atoms with Crippen LogP contribution in [0.4, 0.5) is 5.69 Å². The third-order valence-corrected chi connectivity index (χ3v) is 9.54. The summed E-state index contributed by atoms with van der Waals surface area (Å²) in [5.74, 6) is -0.511. The average molecular weight is 685 g/mol. The number of rotatable bonds is 12. The summed E-state index contributed by atoms with van der Waals surface area (Å²) in [4.78, 5) is 28.5. The summed E-state index contributed by atoms with van der Waals surface area (Å²) in [5.41, 5.74) is 1.66. The highest BCUT2D eigenvalue weighted by molar-refractivity contribution is 9.10. The van der Waals surface area contributed by atoms with Crippen LogP contribution >= 0.6 is 39.1 Å². The monoisotopic (exact) mass is 683 g/mol. The Balaban J connectivity index is 2.12. The number of likely N-dealkylation sites (N-methyl/N-ethyl adjacent to an activating group) is 1. The number of nitrogens with zero attached hydrogens (tertiary/aromatic N) is 2. The summed E-state index contributed by atoms with van der Waals surface area (Å²) in [6, 6.07) is 15.2. The van der Waals surface area contributed by atoms with Crippen molar-refractivity contribution >= 4 is 66.7 Å². The molecule has 0 fully saturated rings. The first-order valence-corrected chi connectivity index (χ1v) is 15.9. The Labute approximate surface area is 259 Å². The molecular weight excluding hydrogens is 653 g/mol. The molecule has 0 aliphatic carbocycles. The van der Waals surface area contributed by atoms with Crippen molar-refractivity contribution in [1.29, 1.82) is 0 Å². The van der Waals surface area contributed by atoms with Crippen LogP contribution in [0.5, 0.6) is 5.75 Å². The Morgan fingerprint density at radius 3 is 2.20 bits per heavy atom. The topological polar surface area (TPSA) is 96.0 Å². The lowest BCUT2D eigenvalue weighted by Gasteiger charge is -2.33. The molecule has 0 aromatic heterocycles. The number of carbonyl (C=O) groups is 2. The maximum Gasteiger partial charge on any atom is 0.264 e. The zero-order valence-electron chi connectivity index (χ0n) is 23.2. The fourth-order valence-corrected chi connectivity index (χ4v) is 6.89. The average Bonchev–Trinajstić information content (AvgIpc) is 2.93. The molecular formula is C29H32BrCl2N3O5S. The second-order valence-electron chi connectivity index (χ2n) is 9.18. The molecule has 3 aromatic rings. The molecule has 41 heavy (non-hydrogen) atoms. The first kappa shape index (κ1) is 32.7. The molecule has 3 rings (SSSR count). The van der Waals surface area contributed by atoms with Gasteiger partial charge in [-0.15, -0.1) is 0 Å². The van der Waals surface area contributed by atoms with Crippen LogP contribution in [0.15, 0.2) is 70.0 Å². The van der Waals surface area contributed by atoms with E-state index in [1.807, 2.05) is 6.92 Å². The fraction of sp³-hybridized carbons (Fsp3) is 0.310. The summed E-state index contributed by atoms with van der Waals surface area (Å²) in [6.45, 7) is 5.12. The number of carbonyl (C=O) groups excluding carboxylic acids is 2. The van der Waals surface area contributed by atoms with Crippen LogP contribution < -0.4 is 14.4 Å². The van der Waals surface area contributed by atoms with E-state index in [4.69, 9.17) is 27.9 Å². The van der Waals surface area contributed by atoms with Crippen LogP contribution in [0.2, 0.25) is 10.0 Å². The van der Waals surface area contributed by atoms with Gasteiger partial charge in [-0.05, 0) is 78.7 Å². The summed E-state index contributed by atoms with van der Waals surface area (Å²) in [6.07, 6.45) is 0.280. The first-order chi connectivity index (χ1) is 19.4. The van der Waals surface area contributed by atoms with Crippen molar-refractivity contribution < 1.29 is 22.7 Å². The molecule has 0 heterocycles. The number of hydrogen-bond donors (Lipinski definition) is 1. The van der Waals surface area contributed by atoms with Crippen LogP contribution in [-0.2, 0) is 26.2 Å². The summed E-state index contributed by atoms with van der Waals surface area (Å²) < 4.78 is 34.8. The van der Waals surface area contributed by atoms with Gasteiger partial charge in [0.1, 0.15) is 18.3 Å². The lowest BCUT2D eigenvalue weighted by atomic mass is 10.1. The Morgan fingerprint density at radius 2 is 1.66 bits per heavy atom. The molecule has 0 saturated heterocycles. The minimum Gasteiger partial charge on any atom is -0.496 e. The van der Waals surface area contributed by atoms with Gasteiger partial charge >= 0.3 is 0 Å². The quantitative estimate of drug-likeness (QED) is 0.245. The second-order valence-corrected chi connectivity index (χ2v) is 12.7. The minimum atomic E-state index is -4.25. The molecule has 0 saturated carbocycles. The highest BCUT2D eigenvalue weighted by Gasteiger charge is 2.34. The Bertz CT molecular complexity index is 1480. The van der Waals surface area contributed by atoms with Gasteiger partial charge in [0.05, 0.1) is 22.2 Å². The second kappa shape index (κ2) is 14.4. The maximum atomic E-state index is 14.1. The lowest BCUT2D eigenvalue weighted by molar-refractivity contribution is -0.140. The molecule has 0 spiro atoms. The van der Waals surface area contributed by atoms with E-state index in [9.17, 15) is 18.0 Å². The number of hydrogen-bond acceptors (Lipinski definition) is 5. The SMILES string of the molecule is CCNC(=O)[C@H](CC)N(Cc1c(Cl)cccc1Cl)C(=O)CN(c1ccc(C)cc1)S(=O)(=O)c1ccc(OC)c(Br)c1. The highest BCUT2D eigenvalue weighted by Crippen LogP contribution is 2.32. The molecule has 1 N–H and O–H groups in total. The number of benzene rings is 3. The third kappa shape index (κ3) is 7.74. The van der Waals surface area contributed by atoms with Gasteiger partial charge < -0.3 is 15.0 Å². The number of ether oxygens (including phenoxy) is 1. The zero-order valence-corrected chi connectivity index (χ0v) is 27.1. The van der Waals surface area contributed by atoms with Crippen LogP contribution in [0.1, 0.15) is 31.4 Å². The van der Waals surface area contributed by atoms with Crippen molar-refractivity contribution in [3.8, 4) is 5.75 Å². The van der Waals surface area contributed by atoms with Crippen molar-refractivity contribution in [2.75, 3.05) is 24.5 Å². The third-order valence-electron chi connectivity index (χ3n) is 6.44. The van der Waals surface area contributed by atoms with Gasteiger partial charge in [0, 0.05) is 28.7 Å². The zero-order chi connectivity index (χ0) is 30.3. The van der Waals surface area contributed by atoms with E-state index >= 15 is 0 Å². The largest absolute Gasteiger partial charge is 0.496 e. The van der Waals surface area contributed by atoms with Crippen molar-refractivity contribution in [2.45, 2.75) is 44.7 Å². The first-order valence-electron chi connectivity index (χ1n) is 12.9. The number of amides is 2. The smallest absolute Gasteiger partial charge is 0.264 e. The van der Waals surface area contributed by atoms with Crippen molar-refractivity contribution in [3.63, 3.8) is 0 Å². The van der Waals surface area contributed by atoms with E-state index in [1.54, 1.807) is 56.3 Å². The highest BCUT2D eigenvalue weighted by atomic mass is 79.9. The molecule has 0 bridgehead atoms. The Morgan fingerprint density at radius 1 is 1.02 bits per heavy atom. The van der Waals surface area contributed by atoms with Gasteiger partial charge in [0.25, 0.3) is 10.0 Å². The van der Waals surface area contributed by atoms with Crippen LogP contribution in [-0.4, -0.2) is 51.4 Å². The van der Waals surface area contributed by atoms with E-state index in [2.05, 4.69) is 21.2 Å². The normalized spacial score (nSPS) is 12.0. The van der Waals surface area contributed by atoms with Crippen molar-refractivity contribution in [2.24, 2.45) is 0 Å². The van der Waals surface area contributed by atoms with Crippen molar-refractivity contribution in [3.05, 3.63) is 86.3 Å². The van der Waals surface area contributed by atoms with Gasteiger partial charge in [0.15, 0.2) is 0 Å². The van der Waals surface area contributed by atoms with Crippen LogP contribution in [0.3, 0.4) is 0 Å². The molecule has 0 aliphatic rings. The fourth-order valence-electron chi connectivity index (χ4n) is 4.24. The Kier molecular flexibility index (Phi) is 11.5. The minimum absolute atomic E-state index is 0.0463. The molecule has 1 atom stereocenters. The number of aryl methyl sites for hydroxylation is 1. The summed E-state index contributed by atoms with van der Waals surface area (Å²) in [5, 5.41) is 3.42. The predicted molar refractivity (Wildman–Crippen MR) is 166 cm³/mol. The molecule has 0 radical (unpaired) electrons. The van der Waals surface area contributed by atoms with E-state index < -0.39 is 28.5 Å². The lowest BCUT2D eigenvalue weighted by Crippen LogP contribution is -2.52. The van der Waals surface area contributed by atoms with Gasteiger partial charge in [-0.3, -0.25) is 13.9 Å². The van der Waals surface area contributed by atoms with Crippen LogP contribution in [0, 0.1) is 6.92 Å². The van der Waals surface area contributed by atoms with Crippen LogP contribution in [0.25, 0.3) is 0 Å². The standard InChI is InChI=1S/C29H32BrCl2N3O5S/c1-5-26(29(37)33-6-2)34(17-22-24(31)8-7-9-25(22)32)28(36)18-35(20-12-10-19(3)11-13-20)41(38,39)21-14-15-27(40-4)23(30)16-21/h7-16,26H,5-6,17-18H2,1-4H3,(H,33,37)/t26-/m0/s1. The number of methoxy groups -OCH3 is 1. The van der Waals surface area contributed by atoms with Crippen molar-refractivity contribution in [1.82, 2.24) is 10.2 Å². The molecule has 2 amide bonds. The van der Waals surface area contributed by atoms with E-state index in [-0.39, 0.29) is 29.5 Å². The van der Waals surface area contributed by atoms with E-state index in [0.29, 0.717) is 32.4 Å². The van der Waals surface area contributed by atoms with Gasteiger partial charge in [0.2, 0.25) is 11.8 Å². The number of nitrogens with one attached hydrogen (secondary N) is 1. The number of anilines is 1. The molecule has 8 nitrogen and oxygen atoms in total. The molecule has 3 aromatic carbocycles. The molecule has 0 unspecified atom stereocenters. The molecule has 220 valence electrons.